The van der Waals surface area contributed by atoms with Gasteiger partial charge in [-0.15, -0.1) is 0 Å². The van der Waals surface area contributed by atoms with Crippen LogP contribution in [0.3, 0.4) is 0 Å². The zero-order valence-corrected chi connectivity index (χ0v) is 11.2. The molecule has 3 rings (SSSR count). The van der Waals surface area contributed by atoms with E-state index < -0.39 is 0 Å². The van der Waals surface area contributed by atoms with Crippen molar-refractivity contribution in [3.63, 3.8) is 0 Å². The van der Waals surface area contributed by atoms with Crippen molar-refractivity contribution in [2.75, 3.05) is 12.3 Å². The smallest absolute Gasteiger partial charge is 0.223 e. The van der Waals surface area contributed by atoms with Crippen LogP contribution in [0.4, 0.5) is 5.95 Å². The molecule has 0 spiro atoms. The molecule has 2 aromatic rings. The van der Waals surface area contributed by atoms with Crippen LogP contribution in [0.1, 0.15) is 18.5 Å². The van der Waals surface area contributed by atoms with Crippen molar-refractivity contribution in [1.82, 2.24) is 24.6 Å². The Morgan fingerprint density at radius 3 is 2.95 bits per heavy atom. The second-order valence-corrected chi connectivity index (χ2v) is 5.07. The normalized spacial score (nSPS) is 15.1. The Labute approximate surface area is 110 Å². The average molecular weight is 262 g/mol. The van der Waals surface area contributed by atoms with Crippen LogP contribution in [0.2, 0.25) is 0 Å². The highest BCUT2D eigenvalue weighted by atomic mass is 16.2. The van der Waals surface area contributed by atoms with E-state index in [1.165, 1.54) is 0 Å². The van der Waals surface area contributed by atoms with Crippen LogP contribution in [0.15, 0.2) is 0 Å². The highest BCUT2D eigenvalue weighted by molar-refractivity contribution is 5.81. The van der Waals surface area contributed by atoms with Crippen LogP contribution in [-0.4, -0.2) is 31.8 Å². The van der Waals surface area contributed by atoms with E-state index in [1.807, 2.05) is 18.5 Å². The van der Waals surface area contributed by atoms with E-state index in [2.05, 4.69) is 15.4 Å². The molecule has 0 aliphatic heterocycles. The molecule has 1 aliphatic rings. The zero-order chi connectivity index (χ0) is 13.6. The molecule has 102 valence electrons. The number of carbonyl (C=O) groups excluding carboxylic acids is 1. The molecule has 7 heteroatoms. The maximum absolute atomic E-state index is 11.6. The van der Waals surface area contributed by atoms with Gasteiger partial charge >= 0.3 is 0 Å². The van der Waals surface area contributed by atoms with Crippen LogP contribution < -0.4 is 11.1 Å². The van der Waals surface area contributed by atoms with E-state index in [-0.39, 0.29) is 11.8 Å². The molecule has 2 aromatic heterocycles. The lowest BCUT2D eigenvalue weighted by Gasteiger charge is -2.08. The lowest BCUT2D eigenvalue weighted by molar-refractivity contribution is -0.122. The van der Waals surface area contributed by atoms with Crippen LogP contribution in [0.25, 0.3) is 11.2 Å². The Kier molecular flexibility index (Phi) is 2.69. The quantitative estimate of drug-likeness (QED) is 0.822. The van der Waals surface area contributed by atoms with Gasteiger partial charge in [-0.3, -0.25) is 14.0 Å². The summed E-state index contributed by atoms with van der Waals surface area (Å²) in [6.45, 7) is 3.09. The lowest BCUT2D eigenvalue weighted by atomic mass is 10.4. The van der Waals surface area contributed by atoms with Gasteiger partial charge in [0.1, 0.15) is 5.52 Å². The van der Waals surface area contributed by atoms with Gasteiger partial charge in [-0.1, -0.05) is 0 Å². The molecule has 0 bridgehead atoms. The number of nitrogens with one attached hydrogen (secondary N) is 1. The Hall–Kier alpha value is -2.05. The number of carbonyl (C=O) groups is 1. The summed E-state index contributed by atoms with van der Waals surface area (Å²) in [6, 6.07) is 0. The number of imidazole rings is 1. The monoisotopic (exact) mass is 262 g/mol. The zero-order valence-electron chi connectivity index (χ0n) is 11.2. The van der Waals surface area contributed by atoms with E-state index in [0.717, 1.165) is 29.7 Å². The molecule has 19 heavy (non-hydrogen) atoms. The highest BCUT2D eigenvalue weighted by Gasteiger charge is 2.29. The third-order valence-corrected chi connectivity index (χ3v) is 3.50. The molecular weight excluding hydrogens is 244 g/mol. The maximum atomic E-state index is 11.6. The molecule has 1 saturated carbocycles. The average Bonchev–Trinajstić information content (AvgIpc) is 3.10. The van der Waals surface area contributed by atoms with Gasteiger partial charge in [-0.25, -0.2) is 4.98 Å². The first kappa shape index (κ1) is 12.0. The number of amides is 1. The summed E-state index contributed by atoms with van der Waals surface area (Å²) in [6.07, 6.45) is 2.04. The first-order valence-corrected chi connectivity index (χ1v) is 6.51. The third-order valence-electron chi connectivity index (χ3n) is 3.50. The van der Waals surface area contributed by atoms with Gasteiger partial charge in [0.25, 0.3) is 0 Å². The van der Waals surface area contributed by atoms with Crippen molar-refractivity contribution in [1.29, 1.82) is 0 Å². The Balaban J connectivity index is 1.76. The largest absolute Gasteiger partial charge is 0.369 e. The first-order valence-electron chi connectivity index (χ1n) is 6.51. The van der Waals surface area contributed by atoms with Gasteiger partial charge in [0.2, 0.25) is 11.9 Å². The van der Waals surface area contributed by atoms with E-state index in [9.17, 15) is 4.79 Å². The van der Waals surface area contributed by atoms with E-state index >= 15 is 0 Å². The molecule has 0 atom stereocenters. The lowest BCUT2D eigenvalue weighted by Crippen LogP contribution is -2.28. The molecule has 0 radical (unpaired) electrons. The van der Waals surface area contributed by atoms with Crippen molar-refractivity contribution in [3.05, 3.63) is 5.69 Å². The number of hydrogen-bond donors (Lipinski definition) is 2. The molecule has 2 heterocycles. The standard InChI is InChI=1S/C12H18N6O/c1-7-9-11(17(2)16-7)18(12(13)15-9)6-5-14-10(19)8-3-4-8/h8H,3-6H2,1-2H3,(H2,13,15)(H,14,19). The molecular formula is C12H18N6O. The summed E-state index contributed by atoms with van der Waals surface area (Å²) in [4.78, 5) is 15.9. The van der Waals surface area contributed by atoms with Gasteiger partial charge in [-0.05, 0) is 19.8 Å². The van der Waals surface area contributed by atoms with Gasteiger partial charge in [0.05, 0.1) is 5.69 Å². The fourth-order valence-corrected chi connectivity index (χ4v) is 2.35. The summed E-state index contributed by atoms with van der Waals surface area (Å²) in [5.74, 6) is 0.849. The fraction of sp³-hybridized carbons (Fsp3) is 0.583. The van der Waals surface area contributed by atoms with Crippen molar-refractivity contribution in [2.45, 2.75) is 26.3 Å². The van der Waals surface area contributed by atoms with Gasteiger partial charge in [0.15, 0.2) is 5.65 Å². The molecule has 3 N–H and O–H groups in total. The van der Waals surface area contributed by atoms with Gasteiger partial charge in [-0.2, -0.15) is 5.10 Å². The van der Waals surface area contributed by atoms with Gasteiger partial charge in [0, 0.05) is 26.1 Å². The Bertz CT molecular complexity index is 636. The third kappa shape index (κ3) is 2.05. The minimum absolute atomic E-state index is 0.149. The van der Waals surface area contributed by atoms with E-state index in [4.69, 9.17) is 5.73 Å². The molecule has 7 nitrogen and oxygen atoms in total. The topological polar surface area (TPSA) is 90.8 Å². The summed E-state index contributed by atoms with van der Waals surface area (Å²) in [5.41, 5.74) is 8.51. The predicted molar refractivity (Wildman–Crippen MR) is 71.4 cm³/mol. The number of rotatable bonds is 4. The number of aromatic nitrogens is 4. The van der Waals surface area contributed by atoms with Crippen LogP contribution in [0, 0.1) is 12.8 Å². The first-order chi connectivity index (χ1) is 9.08. The van der Waals surface area contributed by atoms with Crippen molar-refractivity contribution in [3.8, 4) is 0 Å². The maximum Gasteiger partial charge on any atom is 0.223 e. The molecule has 0 aromatic carbocycles. The number of nitrogens with zero attached hydrogens (tertiary/aromatic N) is 4. The van der Waals surface area contributed by atoms with Crippen LogP contribution in [0.5, 0.6) is 0 Å². The summed E-state index contributed by atoms with van der Waals surface area (Å²) in [5, 5.41) is 7.25. The minimum Gasteiger partial charge on any atom is -0.369 e. The molecule has 0 saturated heterocycles. The Morgan fingerprint density at radius 2 is 2.26 bits per heavy atom. The van der Waals surface area contributed by atoms with Crippen molar-refractivity contribution < 1.29 is 4.79 Å². The van der Waals surface area contributed by atoms with E-state index in [1.54, 1.807) is 4.68 Å². The molecule has 0 unspecified atom stereocenters. The number of fused-ring (bicyclic) bond motifs is 1. The minimum atomic E-state index is 0.149. The molecule has 1 aliphatic carbocycles. The second-order valence-electron chi connectivity index (χ2n) is 5.07. The number of aryl methyl sites for hydroxylation is 2. The number of nitrogen functional groups attached to an aromatic ring is 1. The second kappa shape index (κ2) is 4.25. The summed E-state index contributed by atoms with van der Waals surface area (Å²) in [7, 11) is 1.87. The Morgan fingerprint density at radius 1 is 1.53 bits per heavy atom. The molecule has 1 amide bonds. The van der Waals surface area contributed by atoms with Crippen molar-refractivity contribution >= 4 is 23.0 Å². The highest BCUT2D eigenvalue weighted by Crippen LogP contribution is 2.28. The van der Waals surface area contributed by atoms with Crippen LogP contribution in [-0.2, 0) is 18.4 Å². The number of hydrogen-bond acceptors (Lipinski definition) is 4. The van der Waals surface area contributed by atoms with Crippen LogP contribution >= 0.6 is 0 Å². The number of nitrogens with two attached hydrogens (primary N) is 1. The predicted octanol–water partition coefficient (Wildman–Crippen LogP) is 0.187. The summed E-state index contributed by atoms with van der Waals surface area (Å²) < 4.78 is 3.67. The fourth-order valence-electron chi connectivity index (χ4n) is 2.35. The van der Waals surface area contributed by atoms with E-state index in [0.29, 0.717) is 19.0 Å². The summed E-state index contributed by atoms with van der Waals surface area (Å²) >= 11 is 0. The van der Waals surface area contributed by atoms with Gasteiger partial charge < -0.3 is 11.1 Å². The SMILES string of the molecule is Cc1nn(C)c2c1nc(N)n2CCNC(=O)C1CC1. The molecule has 1 fully saturated rings. The van der Waals surface area contributed by atoms with Crippen molar-refractivity contribution in [2.24, 2.45) is 13.0 Å². The number of anilines is 1.